The number of carbonyl (C=O) groups excluding carboxylic acids is 1. The number of benzene rings is 2. The van der Waals surface area contributed by atoms with E-state index in [9.17, 15) is 4.79 Å². The van der Waals surface area contributed by atoms with Crippen molar-refractivity contribution in [2.45, 2.75) is 40.0 Å². The molecule has 0 radical (unpaired) electrons. The van der Waals surface area contributed by atoms with Crippen molar-refractivity contribution in [3.05, 3.63) is 63.7 Å². The van der Waals surface area contributed by atoms with Gasteiger partial charge in [-0.3, -0.25) is 4.79 Å². The Morgan fingerprint density at radius 1 is 0.955 bits per heavy atom. The number of aryl methyl sites for hydroxylation is 2. The van der Waals surface area contributed by atoms with Gasteiger partial charge in [-0.15, -0.1) is 0 Å². The number of hydrogen-bond donors (Lipinski definition) is 1. The average Bonchev–Trinajstić information content (AvgIpc) is 2.55. The predicted molar refractivity (Wildman–Crippen MR) is 94.0 cm³/mol. The van der Waals surface area contributed by atoms with E-state index in [-0.39, 0.29) is 5.91 Å². The molecule has 0 atom stereocenters. The summed E-state index contributed by atoms with van der Waals surface area (Å²) in [6.45, 7) is 6.23. The van der Waals surface area contributed by atoms with Gasteiger partial charge in [0.15, 0.2) is 0 Å². The molecule has 0 heterocycles. The third-order valence-electron chi connectivity index (χ3n) is 3.94. The quantitative estimate of drug-likeness (QED) is 0.799. The summed E-state index contributed by atoms with van der Waals surface area (Å²) in [7, 11) is 0. The van der Waals surface area contributed by atoms with E-state index in [1.165, 1.54) is 5.56 Å². The molecule has 2 nitrogen and oxygen atoms in total. The van der Waals surface area contributed by atoms with E-state index in [2.05, 4.69) is 19.2 Å². The summed E-state index contributed by atoms with van der Waals surface area (Å²) >= 11 is 6.28. The SMILES string of the molecule is CCc1ccc(C(=O)Nc2c(CC)ccc(Cl)c2CC)cc1. The maximum atomic E-state index is 12.5. The number of hydrogen-bond acceptors (Lipinski definition) is 1. The van der Waals surface area contributed by atoms with Gasteiger partial charge in [0.2, 0.25) is 0 Å². The Morgan fingerprint density at radius 2 is 1.64 bits per heavy atom. The molecule has 2 aromatic carbocycles. The second-order valence-electron chi connectivity index (χ2n) is 5.27. The third-order valence-corrected chi connectivity index (χ3v) is 4.29. The first kappa shape index (κ1) is 16.6. The van der Waals surface area contributed by atoms with Gasteiger partial charge in [-0.1, -0.05) is 50.6 Å². The molecule has 0 unspecified atom stereocenters. The van der Waals surface area contributed by atoms with Crippen molar-refractivity contribution < 1.29 is 4.79 Å². The highest BCUT2D eigenvalue weighted by Gasteiger charge is 2.14. The Hall–Kier alpha value is -1.80. The van der Waals surface area contributed by atoms with Crippen molar-refractivity contribution in [1.29, 1.82) is 0 Å². The van der Waals surface area contributed by atoms with Crippen molar-refractivity contribution in [3.8, 4) is 0 Å². The Bertz CT molecular complexity index is 662. The van der Waals surface area contributed by atoms with E-state index in [4.69, 9.17) is 11.6 Å². The van der Waals surface area contributed by atoms with Crippen LogP contribution in [0.2, 0.25) is 5.02 Å². The number of nitrogens with one attached hydrogen (secondary N) is 1. The summed E-state index contributed by atoms with van der Waals surface area (Å²) in [6.07, 6.45) is 2.61. The van der Waals surface area contributed by atoms with E-state index in [0.717, 1.165) is 36.1 Å². The highest BCUT2D eigenvalue weighted by Crippen LogP contribution is 2.30. The average molecular weight is 316 g/mol. The van der Waals surface area contributed by atoms with Gasteiger partial charge in [-0.2, -0.15) is 0 Å². The van der Waals surface area contributed by atoms with Gasteiger partial charge in [0.25, 0.3) is 5.91 Å². The zero-order chi connectivity index (χ0) is 16.1. The molecule has 0 saturated carbocycles. The molecule has 3 heteroatoms. The molecule has 0 spiro atoms. The zero-order valence-corrected chi connectivity index (χ0v) is 14.1. The fourth-order valence-electron chi connectivity index (χ4n) is 2.54. The lowest BCUT2D eigenvalue weighted by molar-refractivity contribution is 0.102. The smallest absolute Gasteiger partial charge is 0.255 e. The summed E-state index contributed by atoms with van der Waals surface area (Å²) in [4.78, 5) is 12.5. The molecule has 0 aliphatic rings. The number of anilines is 1. The lowest BCUT2D eigenvalue weighted by Crippen LogP contribution is -2.15. The highest BCUT2D eigenvalue weighted by molar-refractivity contribution is 6.32. The monoisotopic (exact) mass is 315 g/mol. The normalized spacial score (nSPS) is 10.5. The third kappa shape index (κ3) is 3.50. The van der Waals surface area contributed by atoms with Crippen molar-refractivity contribution in [1.82, 2.24) is 0 Å². The van der Waals surface area contributed by atoms with E-state index >= 15 is 0 Å². The number of carbonyl (C=O) groups is 1. The van der Waals surface area contributed by atoms with E-state index in [1.54, 1.807) is 0 Å². The van der Waals surface area contributed by atoms with Crippen LogP contribution in [-0.4, -0.2) is 5.91 Å². The number of amides is 1. The van der Waals surface area contributed by atoms with Crippen LogP contribution in [0.25, 0.3) is 0 Å². The summed E-state index contributed by atoms with van der Waals surface area (Å²) in [6, 6.07) is 11.6. The Kier molecular flexibility index (Phi) is 5.62. The molecule has 0 aliphatic heterocycles. The molecule has 116 valence electrons. The van der Waals surface area contributed by atoms with Gasteiger partial charge in [-0.25, -0.2) is 0 Å². The summed E-state index contributed by atoms with van der Waals surface area (Å²) in [5.74, 6) is -0.0886. The molecule has 22 heavy (non-hydrogen) atoms. The van der Waals surface area contributed by atoms with Crippen LogP contribution in [0.3, 0.4) is 0 Å². The Labute approximate surface area is 137 Å². The molecular weight excluding hydrogens is 294 g/mol. The molecule has 2 aromatic rings. The van der Waals surface area contributed by atoms with Gasteiger partial charge in [0.1, 0.15) is 0 Å². The molecule has 0 aliphatic carbocycles. The van der Waals surface area contributed by atoms with Crippen molar-refractivity contribution >= 4 is 23.2 Å². The largest absolute Gasteiger partial charge is 0.321 e. The van der Waals surface area contributed by atoms with Crippen LogP contribution in [0.15, 0.2) is 36.4 Å². The predicted octanol–water partition coefficient (Wildman–Crippen LogP) is 5.28. The van der Waals surface area contributed by atoms with Gasteiger partial charge in [0, 0.05) is 16.3 Å². The molecule has 0 aromatic heterocycles. The lowest BCUT2D eigenvalue weighted by atomic mass is 10.0. The Balaban J connectivity index is 2.32. The number of rotatable bonds is 5. The van der Waals surface area contributed by atoms with Crippen molar-refractivity contribution in [2.75, 3.05) is 5.32 Å². The minimum absolute atomic E-state index is 0.0886. The van der Waals surface area contributed by atoms with E-state index in [1.807, 2.05) is 43.3 Å². The lowest BCUT2D eigenvalue weighted by Gasteiger charge is -2.16. The Morgan fingerprint density at radius 3 is 2.18 bits per heavy atom. The summed E-state index contributed by atoms with van der Waals surface area (Å²) in [5, 5.41) is 3.76. The number of halogens is 1. The van der Waals surface area contributed by atoms with Crippen LogP contribution >= 0.6 is 11.6 Å². The van der Waals surface area contributed by atoms with Crippen molar-refractivity contribution in [2.24, 2.45) is 0 Å². The molecule has 0 saturated heterocycles. The van der Waals surface area contributed by atoms with Crippen LogP contribution < -0.4 is 5.32 Å². The van der Waals surface area contributed by atoms with Gasteiger partial charge >= 0.3 is 0 Å². The first-order valence-electron chi connectivity index (χ1n) is 7.81. The second kappa shape index (κ2) is 7.46. The summed E-state index contributed by atoms with van der Waals surface area (Å²) in [5.41, 5.74) is 4.87. The topological polar surface area (TPSA) is 29.1 Å². The van der Waals surface area contributed by atoms with E-state index < -0.39 is 0 Å². The minimum Gasteiger partial charge on any atom is -0.321 e. The molecule has 0 bridgehead atoms. The maximum Gasteiger partial charge on any atom is 0.255 e. The molecule has 1 N–H and O–H groups in total. The zero-order valence-electron chi connectivity index (χ0n) is 13.4. The fraction of sp³-hybridized carbons (Fsp3) is 0.316. The van der Waals surface area contributed by atoms with Crippen LogP contribution in [-0.2, 0) is 19.3 Å². The first-order valence-corrected chi connectivity index (χ1v) is 8.19. The first-order chi connectivity index (χ1) is 10.6. The molecule has 0 fully saturated rings. The molecular formula is C19H22ClNO. The maximum absolute atomic E-state index is 12.5. The van der Waals surface area contributed by atoms with Crippen LogP contribution in [0, 0.1) is 0 Å². The van der Waals surface area contributed by atoms with Gasteiger partial charge in [-0.05, 0) is 54.2 Å². The molecule has 1 amide bonds. The standard InChI is InChI=1S/C19H22ClNO/c1-4-13-7-9-15(10-8-13)19(22)21-18-14(5-2)11-12-17(20)16(18)6-3/h7-12H,4-6H2,1-3H3,(H,21,22). The van der Waals surface area contributed by atoms with Gasteiger partial charge in [0.05, 0.1) is 0 Å². The minimum atomic E-state index is -0.0886. The highest BCUT2D eigenvalue weighted by atomic mass is 35.5. The van der Waals surface area contributed by atoms with Crippen molar-refractivity contribution in [3.63, 3.8) is 0 Å². The molecule has 2 rings (SSSR count). The van der Waals surface area contributed by atoms with E-state index in [0.29, 0.717) is 10.6 Å². The summed E-state index contributed by atoms with van der Waals surface area (Å²) < 4.78 is 0. The second-order valence-corrected chi connectivity index (χ2v) is 5.68. The van der Waals surface area contributed by atoms with Crippen LogP contribution in [0.5, 0.6) is 0 Å². The van der Waals surface area contributed by atoms with Crippen LogP contribution in [0.4, 0.5) is 5.69 Å². The van der Waals surface area contributed by atoms with Gasteiger partial charge < -0.3 is 5.32 Å². The van der Waals surface area contributed by atoms with Crippen LogP contribution in [0.1, 0.15) is 47.8 Å². The fourth-order valence-corrected chi connectivity index (χ4v) is 2.84.